The Hall–Kier alpha value is -0.160. The highest BCUT2D eigenvalue weighted by molar-refractivity contribution is 5.07. The van der Waals surface area contributed by atoms with Gasteiger partial charge in [-0.05, 0) is 34.5 Å². The molecular weight excluding hydrogens is 352 g/mol. The third kappa shape index (κ3) is 2.92. The number of hydrogen-bond acceptors (Lipinski definition) is 4. The van der Waals surface area contributed by atoms with E-state index < -0.39 is 11.6 Å². The van der Waals surface area contributed by atoms with Crippen LogP contribution in [0.2, 0.25) is 0 Å². The predicted molar refractivity (Wildman–Crippen MR) is 111 cm³/mol. The third-order valence-electron chi connectivity index (χ3n) is 9.47. The molecule has 0 unspecified atom stereocenters. The Balaban J connectivity index is 1.91. The zero-order valence-corrected chi connectivity index (χ0v) is 20.5. The van der Waals surface area contributed by atoms with Gasteiger partial charge in [0.25, 0.3) is 0 Å². The zero-order valence-electron chi connectivity index (χ0n) is 20.5. The van der Waals surface area contributed by atoms with Crippen molar-refractivity contribution in [3.63, 3.8) is 0 Å². The quantitative estimate of drug-likeness (QED) is 0.412. The molecule has 1 heterocycles. The lowest BCUT2D eigenvalue weighted by Gasteiger charge is -2.64. The van der Waals surface area contributed by atoms with E-state index in [0.29, 0.717) is 0 Å². The van der Waals surface area contributed by atoms with Gasteiger partial charge in [-0.2, -0.15) is 19.6 Å². The molecular formula is C24H44O4. The highest BCUT2D eigenvalue weighted by atomic mass is 17.4. The average Bonchev–Trinajstić information content (AvgIpc) is 2.43. The molecule has 28 heavy (non-hydrogen) atoms. The summed E-state index contributed by atoms with van der Waals surface area (Å²) in [5.74, 6) is -1.80. The van der Waals surface area contributed by atoms with Gasteiger partial charge in [-0.1, -0.05) is 83.1 Å². The predicted octanol–water partition coefficient (Wildman–Crippen LogP) is 7.03. The first-order valence-corrected chi connectivity index (χ1v) is 11.0. The summed E-state index contributed by atoms with van der Waals surface area (Å²) in [6, 6.07) is 0. The van der Waals surface area contributed by atoms with E-state index in [2.05, 4.69) is 83.1 Å². The van der Waals surface area contributed by atoms with E-state index in [9.17, 15) is 0 Å². The summed E-state index contributed by atoms with van der Waals surface area (Å²) in [6.45, 7) is 27.3. The first-order valence-electron chi connectivity index (χ1n) is 11.0. The molecule has 0 radical (unpaired) electrons. The highest BCUT2D eigenvalue weighted by Crippen LogP contribution is 2.66. The standard InChI is InChI=1S/C24H44O4/c1-17(2)13-21(9,10)23(15-19(17,5)6)25-27-24(28-26-23)16-20(7,8)18(3,4)14-22(24,11)12/h13-16H2,1-12H3. The van der Waals surface area contributed by atoms with E-state index in [-0.39, 0.29) is 32.5 Å². The van der Waals surface area contributed by atoms with Crippen LogP contribution in [0.15, 0.2) is 0 Å². The van der Waals surface area contributed by atoms with Gasteiger partial charge < -0.3 is 0 Å². The van der Waals surface area contributed by atoms with Crippen LogP contribution in [0, 0.1) is 32.5 Å². The van der Waals surface area contributed by atoms with Crippen molar-refractivity contribution in [1.82, 2.24) is 0 Å². The zero-order chi connectivity index (χ0) is 21.7. The Morgan fingerprint density at radius 2 is 0.536 bits per heavy atom. The van der Waals surface area contributed by atoms with Crippen molar-refractivity contribution in [2.75, 3.05) is 0 Å². The monoisotopic (exact) mass is 396 g/mol. The third-order valence-corrected chi connectivity index (χ3v) is 9.47. The van der Waals surface area contributed by atoms with E-state index in [0.717, 1.165) is 25.7 Å². The molecule has 1 saturated heterocycles. The summed E-state index contributed by atoms with van der Waals surface area (Å²) in [6.07, 6.45) is 3.39. The van der Waals surface area contributed by atoms with Crippen LogP contribution in [0.25, 0.3) is 0 Å². The molecule has 164 valence electrons. The van der Waals surface area contributed by atoms with Crippen molar-refractivity contribution in [1.29, 1.82) is 0 Å². The van der Waals surface area contributed by atoms with Crippen LogP contribution in [0.3, 0.4) is 0 Å². The van der Waals surface area contributed by atoms with Crippen LogP contribution in [-0.4, -0.2) is 11.6 Å². The lowest BCUT2D eigenvalue weighted by Crippen LogP contribution is -2.69. The maximum absolute atomic E-state index is 6.29. The van der Waals surface area contributed by atoms with E-state index in [1.807, 2.05) is 0 Å². The van der Waals surface area contributed by atoms with Gasteiger partial charge in [0.05, 0.1) is 0 Å². The molecule has 2 aliphatic carbocycles. The van der Waals surface area contributed by atoms with Crippen molar-refractivity contribution in [3.8, 4) is 0 Å². The van der Waals surface area contributed by atoms with Crippen molar-refractivity contribution < 1.29 is 19.6 Å². The minimum absolute atomic E-state index is 0.0308. The fourth-order valence-corrected chi connectivity index (χ4v) is 5.94. The summed E-state index contributed by atoms with van der Waals surface area (Å²) in [7, 11) is 0. The molecule has 0 aromatic heterocycles. The van der Waals surface area contributed by atoms with Gasteiger partial charge in [0.2, 0.25) is 11.6 Å². The van der Waals surface area contributed by atoms with Gasteiger partial charge in [0, 0.05) is 23.7 Å². The first kappa shape index (κ1) is 22.5. The maximum atomic E-state index is 6.29. The van der Waals surface area contributed by atoms with Gasteiger partial charge in [-0.3, -0.25) is 0 Å². The van der Waals surface area contributed by atoms with Crippen molar-refractivity contribution in [2.45, 2.75) is 120 Å². The SMILES string of the molecule is CC1(C)CC(C)(C)C2(CC1(C)C)OOC1(CC(C)(C)C(C)(C)CC1(C)C)OO2. The van der Waals surface area contributed by atoms with Crippen LogP contribution < -0.4 is 0 Å². The van der Waals surface area contributed by atoms with Gasteiger partial charge in [-0.15, -0.1) is 0 Å². The molecule has 3 fully saturated rings. The van der Waals surface area contributed by atoms with Crippen molar-refractivity contribution in [2.24, 2.45) is 32.5 Å². The Morgan fingerprint density at radius 3 is 0.786 bits per heavy atom. The summed E-state index contributed by atoms with van der Waals surface area (Å²) in [5, 5.41) is 0. The van der Waals surface area contributed by atoms with Gasteiger partial charge in [0.15, 0.2) is 0 Å². The topological polar surface area (TPSA) is 36.9 Å². The molecule has 0 bridgehead atoms. The molecule has 0 amide bonds. The fourth-order valence-electron chi connectivity index (χ4n) is 5.94. The van der Waals surface area contributed by atoms with E-state index in [1.54, 1.807) is 0 Å². The molecule has 0 atom stereocenters. The molecule has 3 rings (SSSR count). The summed E-state index contributed by atoms with van der Waals surface area (Å²) < 4.78 is 0. The first-order chi connectivity index (χ1) is 12.2. The van der Waals surface area contributed by atoms with E-state index in [1.165, 1.54) is 0 Å². The van der Waals surface area contributed by atoms with E-state index >= 15 is 0 Å². The molecule has 4 nitrogen and oxygen atoms in total. The molecule has 0 aromatic rings. The van der Waals surface area contributed by atoms with Gasteiger partial charge >= 0.3 is 0 Å². The van der Waals surface area contributed by atoms with Crippen LogP contribution in [0.4, 0.5) is 0 Å². The van der Waals surface area contributed by atoms with Crippen LogP contribution in [0.1, 0.15) is 109 Å². The van der Waals surface area contributed by atoms with Crippen molar-refractivity contribution >= 4 is 0 Å². The molecule has 3 aliphatic rings. The molecule has 2 saturated carbocycles. The lowest BCUT2D eigenvalue weighted by molar-refractivity contribution is -0.694. The Morgan fingerprint density at radius 1 is 0.321 bits per heavy atom. The summed E-state index contributed by atoms with van der Waals surface area (Å²) in [4.78, 5) is 25.2. The second kappa shape index (κ2) is 5.75. The van der Waals surface area contributed by atoms with E-state index in [4.69, 9.17) is 19.6 Å². The highest BCUT2D eigenvalue weighted by Gasteiger charge is 2.69. The van der Waals surface area contributed by atoms with Crippen LogP contribution >= 0.6 is 0 Å². The Bertz CT molecular complexity index is 575. The molecule has 1 aliphatic heterocycles. The van der Waals surface area contributed by atoms with Crippen LogP contribution in [-0.2, 0) is 19.6 Å². The summed E-state index contributed by atoms with van der Waals surface area (Å²) >= 11 is 0. The minimum Gasteiger partial charge on any atom is -0.194 e. The second-order valence-corrected chi connectivity index (χ2v) is 13.8. The van der Waals surface area contributed by atoms with Gasteiger partial charge in [0.1, 0.15) is 0 Å². The Labute approximate surface area is 172 Å². The second-order valence-electron chi connectivity index (χ2n) is 13.8. The molecule has 0 aromatic carbocycles. The molecule has 0 N–H and O–H groups in total. The maximum Gasteiger partial charge on any atom is 0.239 e. The van der Waals surface area contributed by atoms with Crippen molar-refractivity contribution in [3.05, 3.63) is 0 Å². The molecule has 2 spiro atoms. The average molecular weight is 397 g/mol. The lowest BCUT2D eigenvalue weighted by atomic mass is 9.50. The molecule has 4 heteroatoms. The number of rotatable bonds is 0. The van der Waals surface area contributed by atoms with Crippen LogP contribution in [0.5, 0.6) is 0 Å². The normalized spacial score (nSPS) is 35.6. The largest absolute Gasteiger partial charge is 0.239 e. The minimum atomic E-state index is -0.898. The number of hydrogen-bond donors (Lipinski definition) is 0. The Kier molecular flexibility index (Phi) is 4.62. The summed E-state index contributed by atoms with van der Waals surface area (Å²) in [5.41, 5.74) is -0.0753. The fraction of sp³-hybridized carbons (Fsp3) is 1.00. The smallest absolute Gasteiger partial charge is 0.194 e. The van der Waals surface area contributed by atoms with Gasteiger partial charge in [-0.25, -0.2) is 0 Å².